The second kappa shape index (κ2) is 5.79. The monoisotopic (exact) mass is 361 g/mol. The molecule has 0 unspecified atom stereocenters. The number of furan rings is 1. The topological polar surface area (TPSA) is 54.7 Å². The van der Waals surface area contributed by atoms with Crippen molar-refractivity contribution in [2.24, 2.45) is 0 Å². The molecule has 28 heavy (non-hydrogen) atoms. The van der Waals surface area contributed by atoms with E-state index in [0.717, 1.165) is 38.9 Å². The fourth-order valence-electron chi connectivity index (χ4n) is 3.72. The van der Waals surface area contributed by atoms with E-state index in [-0.39, 0.29) is 0 Å². The van der Waals surface area contributed by atoms with E-state index in [1.54, 1.807) is 0 Å². The van der Waals surface area contributed by atoms with Crippen LogP contribution >= 0.6 is 0 Å². The first kappa shape index (κ1) is 15.2. The molecule has 6 aromatic rings. The van der Waals surface area contributed by atoms with Gasteiger partial charge in [-0.15, -0.1) is 0 Å². The Bertz CT molecular complexity index is 1460. The maximum atomic E-state index is 6.15. The van der Waals surface area contributed by atoms with Crippen molar-refractivity contribution in [1.29, 1.82) is 0 Å². The smallest absolute Gasteiger partial charge is 0.181 e. The molecule has 2 heterocycles. The number of nitrogens with zero attached hydrogens (tertiary/aromatic N) is 2. The number of H-pyrrole nitrogens is 1. The number of nitrogens with one attached hydrogen (secondary N) is 1. The summed E-state index contributed by atoms with van der Waals surface area (Å²) >= 11 is 0. The van der Waals surface area contributed by atoms with Crippen molar-refractivity contribution < 1.29 is 4.42 Å². The fourth-order valence-corrected chi connectivity index (χ4v) is 3.72. The maximum absolute atomic E-state index is 6.15. The Morgan fingerprint density at radius 3 is 2.25 bits per heavy atom. The summed E-state index contributed by atoms with van der Waals surface area (Å²) in [7, 11) is 0. The lowest BCUT2D eigenvalue weighted by Gasteiger charge is -1.97. The molecule has 0 aliphatic carbocycles. The highest BCUT2D eigenvalue weighted by Crippen LogP contribution is 2.34. The van der Waals surface area contributed by atoms with Gasteiger partial charge in [-0.2, -0.15) is 5.10 Å². The summed E-state index contributed by atoms with van der Waals surface area (Å²) < 4.78 is 6.15. The maximum Gasteiger partial charge on any atom is 0.181 e. The molecule has 4 heteroatoms. The van der Waals surface area contributed by atoms with Crippen molar-refractivity contribution in [2.75, 3.05) is 0 Å². The van der Waals surface area contributed by atoms with Crippen LogP contribution in [0.3, 0.4) is 0 Å². The van der Waals surface area contributed by atoms with Crippen molar-refractivity contribution in [1.82, 2.24) is 15.2 Å². The molecule has 0 saturated carbocycles. The third-order valence-electron chi connectivity index (χ3n) is 5.13. The molecular formula is C24H15N3O. The van der Waals surface area contributed by atoms with Crippen LogP contribution in [0.5, 0.6) is 0 Å². The number of rotatable bonds is 2. The molecule has 6 rings (SSSR count). The molecule has 0 atom stereocenters. The zero-order chi connectivity index (χ0) is 18.5. The molecule has 0 saturated heterocycles. The molecule has 132 valence electrons. The molecule has 0 fully saturated rings. The van der Waals surface area contributed by atoms with Gasteiger partial charge in [0, 0.05) is 21.9 Å². The van der Waals surface area contributed by atoms with Crippen LogP contribution in [0.2, 0.25) is 0 Å². The Labute approximate surface area is 160 Å². The van der Waals surface area contributed by atoms with Gasteiger partial charge in [0.05, 0.1) is 0 Å². The van der Waals surface area contributed by atoms with E-state index in [9.17, 15) is 0 Å². The normalized spacial score (nSPS) is 11.6. The van der Waals surface area contributed by atoms with Gasteiger partial charge in [0.15, 0.2) is 11.6 Å². The van der Waals surface area contributed by atoms with E-state index in [0.29, 0.717) is 5.82 Å². The number of aromatic nitrogens is 3. The second-order valence-electron chi connectivity index (χ2n) is 6.88. The predicted octanol–water partition coefficient (Wildman–Crippen LogP) is 6.19. The lowest BCUT2D eigenvalue weighted by Crippen LogP contribution is -1.81. The zero-order valence-corrected chi connectivity index (χ0v) is 14.9. The molecule has 1 N–H and O–H groups in total. The van der Waals surface area contributed by atoms with Crippen LogP contribution in [0.15, 0.2) is 89.3 Å². The molecule has 0 radical (unpaired) electrons. The van der Waals surface area contributed by atoms with Crippen molar-refractivity contribution in [2.45, 2.75) is 0 Å². The second-order valence-corrected chi connectivity index (χ2v) is 6.88. The molecule has 0 bridgehead atoms. The van der Waals surface area contributed by atoms with Gasteiger partial charge in [0.25, 0.3) is 0 Å². The molecule has 0 spiro atoms. The minimum Gasteiger partial charge on any atom is -0.456 e. The Morgan fingerprint density at radius 1 is 0.643 bits per heavy atom. The summed E-state index contributed by atoms with van der Waals surface area (Å²) in [6.07, 6.45) is 0. The van der Waals surface area contributed by atoms with Gasteiger partial charge in [-0.25, -0.2) is 4.98 Å². The van der Waals surface area contributed by atoms with E-state index in [1.165, 1.54) is 10.8 Å². The Hall–Kier alpha value is -3.92. The average Bonchev–Trinajstić information content (AvgIpc) is 3.37. The van der Waals surface area contributed by atoms with E-state index in [1.807, 2.05) is 48.5 Å². The molecule has 4 aromatic carbocycles. The van der Waals surface area contributed by atoms with E-state index in [2.05, 4.69) is 51.6 Å². The highest BCUT2D eigenvalue weighted by atomic mass is 16.3. The molecule has 0 aliphatic heterocycles. The van der Waals surface area contributed by atoms with Crippen LogP contribution in [0.1, 0.15) is 0 Å². The Balaban J connectivity index is 1.49. The number of hydrogen-bond acceptors (Lipinski definition) is 3. The number of benzene rings is 4. The third-order valence-corrected chi connectivity index (χ3v) is 5.13. The number of aromatic amines is 1. The third kappa shape index (κ3) is 2.32. The fraction of sp³-hybridized carbons (Fsp3) is 0. The lowest BCUT2D eigenvalue weighted by atomic mass is 10.1. The van der Waals surface area contributed by atoms with Crippen molar-refractivity contribution in [3.63, 3.8) is 0 Å². The van der Waals surface area contributed by atoms with Gasteiger partial charge >= 0.3 is 0 Å². The van der Waals surface area contributed by atoms with E-state index < -0.39 is 0 Å². The summed E-state index contributed by atoms with van der Waals surface area (Å²) in [4.78, 5) is 4.65. The molecule has 0 amide bonds. The van der Waals surface area contributed by atoms with Crippen LogP contribution < -0.4 is 0 Å². The highest BCUT2D eigenvalue weighted by molar-refractivity contribution is 6.10. The standard InChI is InChI=1S/C24H15N3O/c1-2-6-15(7-3-1)23-25-24(27-26-23)18-10-11-19-20-12-16-8-4-5-9-17(16)13-22(20)28-21(19)14-18/h1-14H,(H,25,26,27). The average molecular weight is 361 g/mol. The minimum atomic E-state index is 0.659. The first-order chi connectivity index (χ1) is 13.8. The van der Waals surface area contributed by atoms with Gasteiger partial charge < -0.3 is 4.42 Å². The quantitative estimate of drug-likeness (QED) is 0.400. The molecule has 0 aliphatic rings. The summed E-state index contributed by atoms with van der Waals surface area (Å²) in [6.45, 7) is 0. The zero-order valence-electron chi connectivity index (χ0n) is 14.9. The number of hydrogen-bond donors (Lipinski definition) is 1. The largest absolute Gasteiger partial charge is 0.456 e. The summed E-state index contributed by atoms with van der Waals surface area (Å²) in [5, 5.41) is 12.0. The number of fused-ring (bicyclic) bond motifs is 4. The van der Waals surface area contributed by atoms with Gasteiger partial charge in [-0.05, 0) is 35.0 Å². The lowest BCUT2D eigenvalue weighted by molar-refractivity contribution is 0.669. The van der Waals surface area contributed by atoms with Gasteiger partial charge in [-0.1, -0.05) is 60.7 Å². The molecular weight excluding hydrogens is 346 g/mol. The Morgan fingerprint density at radius 2 is 1.39 bits per heavy atom. The summed E-state index contributed by atoms with van der Waals surface area (Å²) in [6, 6.07) is 28.8. The van der Waals surface area contributed by atoms with E-state index >= 15 is 0 Å². The summed E-state index contributed by atoms with van der Waals surface area (Å²) in [5.74, 6) is 1.41. The van der Waals surface area contributed by atoms with Crippen molar-refractivity contribution >= 4 is 32.7 Å². The van der Waals surface area contributed by atoms with Crippen LogP contribution in [0.25, 0.3) is 55.5 Å². The SMILES string of the molecule is c1ccc(-c2nc(-c3ccc4c(c3)oc3cc5ccccc5cc34)n[nH]2)cc1. The van der Waals surface area contributed by atoms with Crippen molar-refractivity contribution in [3.05, 3.63) is 84.9 Å². The van der Waals surface area contributed by atoms with Crippen LogP contribution in [0, 0.1) is 0 Å². The van der Waals surface area contributed by atoms with Crippen LogP contribution in [-0.4, -0.2) is 15.2 Å². The minimum absolute atomic E-state index is 0.659. The van der Waals surface area contributed by atoms with Crippen LogP contribution in [0.4, 0.5) is 0 Å². The van der Waals surface area contributed by atoms with E-state index in [4.69, 9.17) is 4.42 Å². The van der Waals surface area contributed by atoms with Gasteiger partial charge in [0.1, 0.15) is 11.2 Å². The highest BCUT2D eigenvalue weighted by Gasteiger charge is 2.12. The molecule has 4 nitrogen and oxygen atoms in total. The summed E-state index contributed by atoms with van der Waals surface area (Å²) in [5.41, 5.74) is 3.67. The van der Waals surface area contributed by atoms with Gasteiger partial charge in [0.2, 0.25) is 0 Å². The molecule has 2 aromatic heterocycles. The first-order valence-electron chi connectivity index (χ1n) is 9.18. The Kier molecular flexibility index (Phi) is 3.14. The van der Waals surface area contributed by atoms with Gasteiger partial charge in [-0.3, -0.25) is 5.10 Å². The predicted molar refractivity (Wildman–Crippen MR) is 112 cm³/mol. The van der Waals surface area contributed by atoms with Crippen LogP contribution in [-0.2, 0) is 0 Å². The van der Waals surface area contributed by atoms with Crippen molar-refractivity contribution in [3.8, 4) is 22.8 Å². The first-order valence-corrected chi connectivity index (χ1v) is 9.18.